The van der Waals surface area contributed by atoms with Gasteiger partial charge in [-0.3, -0.25) is 0 Å². The Kier molecular flexibility index (Phi) is 5.00. The Labute approximate surface area is 137 Å². The van der Waals surface area contributed by atoms with Crippen LogP contribution in [0.1, 0.15) is 34.1 Å². The molecule has 0 radical (unpaired) electrons. The van der Waals surface area contributed by atoms with Gasteiger partial charge < -0.3 is 33.2 Å². The fourth-order valence-electron chi connectivity index (χ4n) is 3.47. The highest BCUT2D eigenvalue weighted by Crippen LogP contribution is 2.39. The van der Waals surface area contributed by atoms with Gasteiger partial charge in [0.1, 0.15) is 31.2 Å². The van der Waals surface area contributed by atoms with Crippen molar-refractivity contribution in [3.8, 4) is 0 Å². The highest BCUT2D eigenvalue weighted by Gasteiger charge is 2.54. The molecule has 3 rings (SSSR count). The summed E-state index contributed by atoms with van der Waals surface area (Å²) in [5, 5.41) is 0. The van der Waals surface area contributed by atoms with Crippen LogP contribution >= 0.6 is 0 Å². The molecule has 0 N–H and O–H groups in total. The first kappa shape index (κ1) is 17.5. The molecule has 0 aromatic heterocycles. The summed E-state index contributed by atoms with van der Waals surface area (Å²) < 4.78 is 40.6. The summed E-state index contributed by atoms with van der Waals surface area (Å²) in [6.07, 6.45) is -0.182. The molecule has 0 aliphatic carbocycles. The van der Waals surface area contributed by atoms with E-state index >= 15 is 0 Å². The first-order valence-corrected chi connectivity index (χ1v) is 8.21. The molecule has 5 atom stereocenters. The van der Waals surface area contributed by atoms with Gasteiger partial charge in [-0.25, -0.2) is 0 Å². The lowest BCUT2D eigenvalue weighted by molar-refractivity contribution is -0.177. The third-order valence-electron chi connectivity index (χ3n) is 4.36. The number of ether oxygens (including phenoxy) is 7. The minimum Gasteiger partial charge on any atom is -0.373 e. The van der Waals surface area contributed by atoms with E-state index in [1.807, 2.05) is 27.7 Å². The van der Waals surface area contributed by atoms with Gasteiger partial charge in [0, 0.05) is 13.7 Å². The Morgan fingerprint density at radius 2 is 1.70 bits per heavy atom. The first-order valence-electron chi connectivity index (χ1n) is 8.21. The summed E-state index contributed by atoms with van der Waals surface area (Å²) in [6, 6.07) is 0. The van der Waals surface area contributed by atoms with E-state index in [0.29, 0.717) is 13.2 Å². The molecule has 0 saturated carbocycles. The molecular weight excluding hydrogens is 304 g/mol. The van der Waals surface area contributed by atoms with Gasteiger partial charge in [-0.1, -0.05) is 0 Å². The lowest BCUT2D eigenvalue weighted by Crippen LogP contribution is -2.47. The summed E-state index contributed by atoms with van der Waals surface area (Å²) in [5.41, 5.74) is 0. The van der Waals surface area contributed by atoms with Gasteiger partial charge >= 0.3 is 0 Å². The minimum atomic E-state index is -0.691. The normalized spacial score (nSPS) is 42.4. The highest BCUT2D eigenvalue weighted by molar-refractivity contribution is 4.98. The number of hydrogen-bond acceptors (Lipinski definition) is 7. The largest absolute Gasteiger partial charge is 0.373 e. The van der Waals surface area contributed by atoms with E-state index in [4.69, 9.17) is 33.2 Å². The Bertz CT molecular complexity index is 411. The van der Waals surface area contributed by atoms with E-state index in [0.717, 1.165) is 6.42 Å². The van der Waals surface area contributed by atoms with Gasteiger partial charge in [-0.05, 0) is 34.1 Å². The second kappa shape index (κ2) is 6.55. The van der Waals surface area contributed by atoms with Gasteiger partial charge in [0.05, 0.1) is 12.7 Å². The maximum atomic E-state index is 6.13. The van der Waals surface area contributed by atoms with Gasteiger partial charge in [0.15, 0.2) is 11.6 Å². The number of methoxy groups -OCH3 is 1. The maximum absolute atomic E-state index is 6.13. The molecule has 0 aromatic rings. The van der Waals surface area contributed by atoms with E-state index in [2.05, 4.69) is 0 Å². The van der Waals surface area contributed by atoms with Crippen LogP contribution in [0.25, 0.3) is 0 Å². The Balaban J connectivity index is 1.73. The van der Waals surface area contributed by atoms with Crippen molar-refractivity contribution in [1.82, 2.24) is 0 Å². The molecule has 0 spiro atoms. The van der Waals surface area contributed by atoms with Crippen LogP contribution in [0.15, 0.2) is 0 Å². The van der Waals surface area contributed by atoms with Gasteiger partial charge in [-0.2, -0.15) is 0 Å². The van der Waals surface area contributed by atoms with Crippen molar-refractivity contribution in [3.63, 3.8) is 0 Å². The van der Waals surface area contributed by atoms with Crippen molar-refractivity contribution < 1.29 is 33.2 Å². The molecule has 3 heterocycles. The fraction of sp³-hybridized carbons (Fsp3) is 1.00. The van der Waals surface area contributed by atoms with Crippen molar-refractivity contribution in [1.29, 1.82) is 0 Å². The van der Waals surface area contributed by atoms with Gasteiger partial charge in [0.2, 0.25) is 0 Å². The smallest absolute Gasteiger partial charge is 0.164 e. The lowest BCUT2D eigenvalue weighted by Gasteiger charge is -2.29. The van der Waals surface area contributed by atoms with Gasteiger partial charge in [-0.15, -0.1) is 0 Å². The van der Waals surface area contributed by atoms with Crippen molar-refractivity contribution in [3.05, 3.63) is 0 Å². The molecule has 0 aromatic carbocycles. The second-order valence-corrected chi connectivity index (χ2v) is 7.17. The first-order chi connectivity index (χ1) is 10.8. The molecular formula is C16H28O7. The molecule has 3 saturated heterocycles. The lowest BCUT2D eigenvalue weighted by atomic mass is 9.99. The molecule has 7 nitrogen and oxygen atoms in total. The molecule has 0 unspecified atom stereocenters. The molecule has 134 valence electrons. The van der Waals surface area contributed by atoms with Crippen LogP contribution in [-0.4, -0.2) is 69.2 Å². The highest BCUT2D eigenvalue weighted by atomic mass is 16.8. The van der Waals surface area contributed by atoms with Crippen LogP contribution < -0.4 is 0 Å². The van der Waals surface area contributed by atoms with Crippen molar-refractivity contribution >= 4 is 0 Å². The quantitative estimate of drug-likeness (QED) is 0.706. The summed E-state index contributed by atoms with van der Waals surface area (Å²) in [4.78, 5) is 0. The van der Waals surface area contributed by atoms with E-state index < -0.39 is 11.6 Å². The summed E-state index contributed by atoms with van der Waals surface area (Å²) in [6.45, 7) is 8.96. The predicted molar refractivity (Wildman–Crippen MR) is 79.8 cm³/mol. The summed E-state index contributed by atoms with van der Waals surface area (Å²) in [7, 11) is 1.61. The van der Waals surface area contributed by atoms with Crippen molar-refractivity contribution in [2.24, 2.45) is 0 Å². The molecule has 3 aliphatic rings. The number of rotatable bonds is 5. The second-order valence-electron chi connectivity index (χ2n) is 7.17. The molecule has 3 fully saturated rings. The fourth-order valence-corrected chi connectivity index (χ4v) is 3.47. The summed E-state index contributed by atoms with van der Waals surface area (Å²) >= 11 is 0. The van der Waals surface area contributed by atoms with E-state index in [-0.39, 0.29) is 37.3 Å². The third-order valence-corrected chi connectivity index (χ3v) is 4.36. The standard InChI is InChI=1S/C16H28O7/c1-15(2)20-8-11(21-15)13-14(23-16(3,4)22-13)12-10(6-7-18-12)19-9-17-5/h10-14H,6-9H2,1-5H3/t10-,11+,12+,13+,14+/m1/s1. The monoisotopic (exact) mass is 332 g/mol. The molecule has 23 heavy (non-hydrogen) atoms. The van der Waals surface area contributed by atoms with E-state index in [9.17, 15) is 0 Å². The Morgan fingerprint density at radius 3 is 2.35 bits per heavy atom. The van der Waals surface area contributed by atoms with E-state index in [1.54, 1.807) is 7.11 Å². The molecule has 3 aliphatic heterocycles. The Morgan fingerprint density at radius 1 is 0.957 bits per heavy atom. The van der Waals surface area contributed by atoms with Crippen LogP contribution in [0.2, 0.25) is 0 Å². The molecule has 0 amide bonds. The van der Waals surface area contributed by atoms with Crippen LogP contribution in [0.3, 0.4) is 0 Å². The minimum absolute atomic E-state index is 0.0738. The van der Waals surface area contributed by atoms with Gasteiger partial charge in [0.25, 0.3) is 0 Å². The van der Waals surface area contributed by atoms with Crippen LogP contribution in [0.5, 0.6) is 0 Å². The predicted octanol–water partition coefficient (Wildman–Crippen LogP) is 1.44. The van der Waals surface area contributed by atoms with Crippen LogP contribution in [0, 0.1) is 0 Å². The molecule has 7 heteroatoms. The zero-order chi connectivity index (χ0) is 16.7. The average molecular weight is 332 g/mol. The van der Waals surface area contributed by atoms with Crippen LogP contribution in [0.4, 0.5) is 0 Å². The third kappa shape index (κ3) is 3.87. The zero-order valence-corrected chi connectivity index (χ0v) is 14.6. The Hall–Kier alpha value is -0.280. The molecule has 0 bridgehead atoms. The summed E-state index contributed by atoms with van der Waals surface area (Å²) in [5.74, 6) is -1.29. The van der Waals surface area contributed by atoms with Crippen molar-refractivity contribution in [2.75, 3.05) is 27.1 Å². The van der Waals surface area contributed by atoms with E-state index in [1.165, 1.54) is 0 Å². The zero-order valence-electron chi connectivity index (χ0n) is 14.6. The SMILES string of the molecule is COCO[C@@H]1CCO[C@@H]1[C@@H]1OC(C)(C)O[C@H]1[C@@H]1COC(C)(C)O1. The number of hydrogen-bond donors (Lipinski definition) is 0. The van der Waals surface area contributed by atoms with Crippen molar-refractivity contribution in [2.45, 2.75) is 76.2 Å². The van der Waals surface area contributed by atoms with Crippen LogP contribution in [-0.2, 0) is 33.2 Å². The average Bonchev–Trinajstić information content (AvgIpc) is 3.13. The topological polar surface area (TPSA) is 64.6 Å². The maximum Gasteiger partial charge on any atom is 0.164 e.